The van der Waals surface area contributed by atoms with Crippen molar-refractivity contribution in [2.24, 2.45) is 5.92 Å². The zero-order valence-corrected chi connectivity index (χ0v) is 13.5. The second kappa shape index (κ2) is 10.7. The molecule has 0 aromatic heterocycles. The Morgan fingerprint density at radius 1 is 1.20 bits per heavy atom. The molecule has 0 aromatic carbocycles. The Labute approximate surface area is 126 Å². The molecule has 0 bridgehead atoms. The Morgan fingerprint density at radius 2 is 1.85 bits per heavy atom. The molecule has 0 saturated heterocycles. The first kappa shape index (κ1) is 18.9. The van der Waals surface area contributed by atoms with Crippen molar-refractivity contribution in [1.29, 1.82) is 0 Å². The second-order valence-electron chi connectivity index (χ2n) is 4.91. The molecule has 0 aromatic rings. The number of hydrogen-bond acceptors (Lipinski definition) is 3. The Morgan fingerprint density at radius 3 is 2.35 bits per heavy atom. The van der Waals surface area contributed by atoms with Gasteiger partial charge in [0.25, 0.3) is 0 Å². The van der Waals surface area contributed by atoms with Crippen LogP contribution in [-0.4, -0.2) is 23.4 Å². The molecule has 114 valence electrons. The van der Waals surface area contributed by atoms with E-state index < -0.39 is 11.0 Å². The lowest BCUT2D eigenvalue weighted by atomic mass is 9.95. The molecule has 0 aliphatic carbocycles. The van der Waals surface area contributed by atoms with Crippen LogP contribution in [0.2, 0.25) is 0 Å². The number of hydrogen-bond donors (Lipinski definition) is 2. The van der Waals surface area contributed by atoms with E-state index in [0.29, 0.717) is 18.5 Å². The van der Waals surface area contributed by atoms with Crippen LogP contribution in [0.15, 0.2) is 11.6 Å². The number of nitrogens with one attached hydrogen (secondary N) is 1. The van der Waals surface area contributed by atoms with Crippen molar-refractivity contribution in [1.82, 2.24) is 5.32 Å². The molecular formula is C15H25NO3S. The summed E-state index contributed by atoms with van der Waals surface area (Å²) in [6.07, 6.45) is 6.35. The molecule has 5 heteroatoms. The van der Waals surface area contributed by atoms with Gasteiger partial charge < -0.3 is 5.32 Å². The molecule has 20 heavy (non-hydrogen) atoms. The lowest BCUT2D eigenvalue weighted by Gasteiger charge is -2.12. The number of carbonyl (C=O) groups excluding carboxylic acids is 3. The van der Waals surface area contributed by atoms with E-state index in [9.17, 15) is 14.4 Å². The highest BCUT2D eigenvalue weighted by Crippen LogP contribution is 2.15. The quantitative estimate of drug-likeness (QED) is 0.282. The standard InChI is InChI=1S/C15H25NO3S/c1-4-5-6-7-8-11(2)14(18)13(15(19)20)9-10-16-12(3)17/h8,13H,4-7,9-10H2,1-3H3,(H,16,17)(H,19,20)/b11-8+. The minimum atomic E-state index is -0.771. The van der Waals surface area contributed by atoms with Crippen molar-refractivity contribution in [3.05, 3.63) is 11.6 Å². The molecule has 0 aliphatic rings. The van der Waals surface area contributed by atoms with Crippen LogP contribution in [0.3, 0.4) is 0 Å². The summed E-state index contributed by atoms with van der Waals surface area (Å²) in [5.74, 6) is -1.13. The van der Waals surface area contributed by atoms with Crippen LogP contribution >= 0.6 is 12.6 Å². The Kier molecular flexibility index (Phi) is 10.1. The summed E-state index contributed by atoms with van der Waals surface area (Å²) < 4.78 is 0. The molecule has 1 N–H and O–H groups in total. The maximum atomic E-state index is 12.2. The fourth-order valence-electron chi connectivity index (χ4n) is 1.85. The van der Waals surface area contributed by atoms with E-state index in [2.05, 4.69) is 24.9 Å². The van der Waals surface area contributed by atoms with Gasteiger partial charge in [0.2, 0.25) is 5.91 Å². The maximum Gasteiger partial charge on any atom is 0.216 e. The first-order valence-electron chi connectivity index (χ1n) is 7.08. The maximum absolute atomic E-state index is 12.2. The van der Waals surface area contributed by atoms with E-state index in [4.69, 9.17) is 0 Å². The van der Waals surface area contributed by atoms with Crippen molar-refractivity contribution in [3.63, 3.8) is 0 Å². The predicted octanol–water partition coefficient (Wildman–Crippen LogP) is 2.68. The molecule has 1 unspecified atom stereocenters. The van der Waals surface area contributed by atoms with Gasteiger partial charge in [-0.2, -0.15) is 0 Å². The van der Waals surface area contributed by atoms with Crippen molar-refractivity contribution in [2.45, 2.75) is 52.9 Å². The smallest absolute Gasteiger partial charge is 0.216 e. The molecule has 0 fully saturated rings. The van der Waals surface area contributed by atoms with Crippen molar-refractivity contribution < 1.29 is 14.4 Å². The minimum absolute atomic E-state index is 0.172. The first-order chi connectivity index (χ1) is 9.40. The molecule has 1 atom stereocenters. The van der Waals surface area contributed by atoms with Crippen molar-refractivity contribution in [2.75, 3.05) is 6.54 Å². The van der Waals surface area contributed by atoms with Crippen LogP contribution in [-0.2, 0) is 14.4 Å². The van der Waals surface area contributed by atoms with Crippen LogP contribution in [0.25, 0.3) is 0 Å². The van der Waals surface area contributed by atoms with Gasteiger partial charge in [0.05, 0.1) is 5.92 Å². The molecule has 1 amide bonds. The molecule has 4 nitrogen and oxygen atoms in total. The third-order valence-electron chi connectivity index (χ3n) is 3.07. The van der Waals surface area contributed by atoms with Crippen LogP contribution in [0.1, 0.15) is 52.9 Å². The molecule has 0 heterocycles. The summed E-state index contributed by atoms with van der Waals surface area (Å²) >= 11 is 3.78. The molecule has 0 spiro atoms. The number of ketones is 1. The zero-order chi connectivity index (χ0) is 15.5. The average Bonchev–Trinajstić information content (AvgIpc) is 2.38. The third-order valence-corrected chi connectivity index (χ3v) is 3.38. The fourth-order valence-corrected chi connectivity index (χ4v) is 2.09. The number of thiol groups is 1. The summed E-state index contributed by atoms with van der Waals surface area (Å²) in [5, 5.41) is 2.14. The molecule has 0 aliphatic heterocycles. The van der Waals surface area contributed by atoms with E-state index in [-0.39, 0.29) is 11.7 Å². The highest BCUT2D eigenvalue weighted by Gasteiger charge is 2.24. The van der Waals surface area contributed by atoms with Crippen molar-refractivity contribution >= 4 is 29.4 Å². The van der Waals surface area contributed by atoms with E-state index in [0.717, 1.165) is 25.7 Å². The SMILES string of the molecule is CCCCC/C=C(\C)C(=O)C(CCNC(C)=O)C(=O)S. The van der Waals surface area contributed by atoms with E-state index >= 15 is 0 Å². The number of unbranched alkanes of at least 4 members (excludes halogenated alkanes) is 3. The van der Waals surface area contributed by atoms with Crippen LogP contribution in [0.5, 0.6) is 0 Å². The fraction of sp³-hybridized carbons (Fsp3) is 0.667. The largest absolute Gasteiger partial charge is 0.356 e. The topological polar surface area (TPSA) is 63.2 Å². The lowest BCUT2D eigenvalue weighted by molar-refractivity contribution is -0.127. The van der Waals surface area contributed by atoms with Gasteiger partial charge in [-0.05, 0) is 31.8 Å². The summed E-state index contributed by atoms with van der Waals surface area (Å²) in [5.41, 5.74) is 0.608. The van der Waals surface area contributed by atoms with Gasteiger partial charge in [0.1, 0.15) is 0 Å². The Balaban J connectivity index is 4.47. The summed E-state index contributed by atoms with van der Waals surface area (Å²) in [7, 11) is 0. The Hall–Kier alpha value is -1.10. The molecular weight excluding hydrogens is 274 g/mol. The number of carbonyl (C=O) groups is 3. The summed E-state index contributed by atoms with van der Waals surface area (Å²) in [6, 6.07) is 0. The van der Waals surface area contributed by atoms with Crippen LogP contribution in [0.4, 0.5) is 0 Å². The van der Waals surface area contributed by atoms with Gasteiger partial charge in [-0.3, -0.25) is 14.4 Å². The van der Waals surface area contributed by atoms with Crippen molar-refractivity contribution in [3.8, 4) is 0 Å². The monoisotopic (exact) mass is 299 g/mol. The summed E-state index contributed by atoms with van der Waals surface area (Å²) in [6.45, 7) is 5.56. The van der Waals surface area contributed by atoms with Gasteiger partial charge in [0, 0.05) is 13.5 Å². The van der Waals surface area contributed by atoms with E-state index in [1.54, 1.807) is 6.92 Å². The Bertz CT molecular complexity index is 377. The zero-order valence-electron chi connectivity index (χ0n) is 12.6. The van der Waals surface area contributed by atoms with Gasteiger partial charge in [-0.25, -0.2) is 0 Å². The van der Waals surface area contributed by atoms with Gasteiger partial charge in [0.15, 0.2) is 10.9 Å². The van der Waals surface area contributed by atoms with E-state index in [1.165, 1.54) is 6.92 Å². The molecule has 0 saturated carbocycles. The summed E-state index contributed by atoms with van der Waals surface area (Å²) in [4.78, 5) is 34.4. The highest BCUT2D eigenvalue weighted by molar-refractivity contribution is 7.96. The minimum Gasteiger partial charge on any atom is -0.356 e. The average molecular weight is 299 g/mol. The highest BCUT2D eigenvalue weighted by atomic mass is 32.1. The van der Waals surface area contributed by atoms with Gasteiger partial charge in [-0.1, -0.05) is 25.8 Å². The predicted molar refractivity (Wildman–Crippen MR) is 83.7 cm³/mol. The third kappa shape index (κ3) is 8.15. The number of amides is 1. The second-order valence-corrected chi connectivity index (χ2v) is 5.35. The number of allylic oxidation sites excluding steroid dienone is 2. The number of Topliss-reactive ketones (excluding diaryl/α,β-unsaturated/α-hetero) is 1. The molecule has 0 rings (SSSR count). The van der Waals surface area contributed by atoms with Crippen LogP contribution in [0, 0.1) is 5.92 Å². The molecule has 0 radical (unpaired) electrons. The first-order valence-corrected chi connectivity index (χ1v) is 7.53. The normalized spacial score (nSPS) is 12.9. The lowest BCUT2D eigenvalue weighted by Crippen LogP contribution is -2.29. The van der Waals surface area contributed by atoms with Gasteiger partial charge in [-0.15, -0.1) is 12.6 Å². The number of rotatable bonds is 10. The van der Waals surface area contributed by atoms with Crippen LogP contribution < -0.4 is 5.32 Å². The van der Waals surface area contributed by atoms with Gasteiger partial charge >= 0.3 is 0 Å². The van der Waals surface area contributed by atoms with E-state index in [1.807, 2.05) is 6.08 Å².